The van der Waals surface area contributed by atoms with E-state index in [0.717, 1.165) is 6.26 Å². The van der Waals surface area contributed by atoms with Gasteiger partial charge in [0, 0.05) is 24.1 Å². The number of amides is 2. The van der Waals surface area contributed by atoms with Gasteiger partial charge in [0.2, 0.25) is 0 Å². The highest BCUT2D eigenvalue weighted by Gasteiger charge is 2.20. The minimum Gasteiger partial charge on any atom is -0.452 e. The van der Waals surface area contributed by atoms with Gasteiger partial charge >= 0.3 is 5.97 Å². The molecule has 2 aromatic carbocycles. The Bertz CT molecular complexity index is 1000. The predicted octanol–water partition coefficient (Wildman–Crippen LogP) is 1.64. The first-order chi connectivity index (χ1) is 13.2. The highest BCUT2D eigenvalue weighted by molar-refractivity contribution is 7.90. The zero-order valence-corrected chi connectivity index (χ0v) is 16.2. The van der Waals surface area contributed by atoms with Gasteiger partial charge in [0.05, 0.1) is 10.5 Å². The Hall–Kier alpha value is -3.20. The Morgan fingerprint density at radius 1 is 1.04 bits per heavy atom. The maximum Gasteiger partial charge on any atom is 0.339 e. The van der Waals surface area contributed by atoms with Gasteiger partial charge < -0.3 is 15.4 Å². The molecule has 0 saturated heterocycles. The van der Waals surface area contributed by atoms with Crippen molar-refractivity contribution in [1.29, 1.82) is 0 Å². The van der Waals surface area contributed by atoms with Crippen LogP contribution < -0.4 is 10.6 Å². The molecule has 0 aliphatic carbocycles. The highest BCUT2D eigenvalue weighted by atomic mass is 32.2. The quantitative estimate of drug-likeness (QED) is 0.677. The molecule has 0 heterocycles. The molecule has 0 aliphatic rings. The molecule has 0 unspecified atom stereocenters. The van der Waals surface area contributed by atoms with Crippen LogP contribution in [0.3, 0.4) is 0 Å². The number of hydrogen-bond donors (Lipinski definition) is 2. The third kappa shape index (κ3) is 5.65. The molecule has 2 aromatic rings. The maximum absolute atomic E-state index is 12.2. The van der Waals surface area contributed by atoms with Crippen molar-refractivity contribution in [3.05, 3.63) is 59.7 Å². The van der Waals surface area contributed by atoms with Crippen LogP contribution in [0.25, 0.3) is 0 Å². The summed E-state index contributed by atoms with van der Waals surface area (Å²) in [5.74, 6) is -1.83. The Kier molecular flexibility index (Phi) is 6.89. The van der Waals surface area contributed by atoms with E-state index >= 15 is 0 Å². The highest BCUT2D eigenvalue weighted by Crippen LogP contribution is 2.16. The average Bonchev–Trinajstić information content (AvgIpc) is 2.66. The van der Waals surface area contributed by atoms with Crippen molar-refractivity contribution in [2.24, 2.45) is 0 Å². The van der Waals surface area contributed by atoms with Crippen molar-refractivity contribution < 1.29 is 27.5 Å². The van der Waals surface area contributed by atoms with E-state index in [1.54, 1.807) is 25.1 Å². The number of hydrogen-bond acceptors (Lipinski definition) is 6. The first kappa shape index (κ1) is 21.1. The van der Waals surface area contributed by atoms with Crippen molar-refractivity contribution in [1.82, 2.24) is 5.32 Å². The van der Waals surface area contributed by atoms with Crippen LogP contribution in [-0.4, -0.2) is 45.6 Å². The number of nitrogens with one attached hydrogen (secondary N) is 2. The molecule has 2 rings (SSSR count). The summed E-state index contributed by atoms with van der Waals surface area (Å²) < 4.78 is 28.4. The Balaban J connectivity index is 2.01. The second kappa shape index (κ2) is 9.14. The lowest BCUT2D eigenvalue weighted by Crippen LogP contribution is -2.24. The number of carbonyl (C=O) groups excluding carboxylic acids is 3. The lowest BCUT2D eigenvalue weighted by molar-refractivity contribution is -0.119. The molecule has 9 heteroatoms. The van der Waals surface area contributed by atoms with Gasteiger partial charge in [-0.1, -0.05) is 18.2 Å². The summed E-state index contributed by atoms with van der Waals surface area (Å²) in [6, 6.07) is 11.9. The van der Waals surface area contributed by atoms with E-state index in [1.807, 2.05) is 0 Å². The van der Waals surface area contributed by atoms with E-state index in [1.165, 1.54) is 30.3 Å². The monoisotopic (exact) mass is 404 g/mol. The van der Waals surface area contributed by atoms with Crippen LogP contribution in [0, 0.1) is 0 Å². The summed E-state index contributed by atoms with van der Waals surface area (Å²) in [5, 5.41) is 5.16. The summed E-state index contributed by atoms with van der Waals surface area (Å²) >= 11 is 0. The fraction of sp³-hybridized carbons (Fsp3) is 0.211. The van der Waals surface area contributed by atoms with Crippen molar-refractivity contribution in [3.8, 4) is 0 Å². The van der Waals surface area contributed by atoms with Crippen molar-refractivity contribution in [2.75, 3.05) is 24.7 Å². The molecular weight excluding hydrogens is 384 g/mol. The van der Waals surface area contributed by atoms with Crippen LogP contribution >= 0.6 is 0 Å². The Labute approximate surface area is 162 Å². The topological polar surface area (TPSA) is 119 Å². The Morgan fingerprint density at radius 2 is 1.75 bits per heavy atom. The van der Waals surface area contributed by atoms with E-state index in [0.29, 0.717) is 17.8 Å². The van der Waals surface area contributed by atoms with Gasteiger partial charge in [-0.2, -0.15) is 0 Å². The number of esters is 1. The molecule has 28 heavy (non-hydrogen) atoms. The molecule has 0 atom stereocenters. The summed E-state index contributed by atoms with van der Waals surface area (Å²) in [6.45, 7) is 1.66. The van der Waals surface area contributed by atoms with Crippen molar-refractivity contribution in [3.63, 3.8) is 0 Å². The normalized spacial score (nSPS) is 10.8. The van der Waals surface area contributed by atoms with Crippen molar-refractivity contribution in [2.45, 2.75) is 11.8 Å². The molecule has 8 nitrogen and oxygen atoms in total. The number of sulfone groups is 1. The minimum atomic E-state index is -3.62. The van der Waals surface area contributed by atoms with Gasteiger partial charge in [0.15, 0.2) is 16.4 Å². The van der Waals surface area contributed by atoms with E-state index < -0.39 is 28.3 Å². The van der Waals surface area contributed by atoms with Crippen LogP contribution in [0.1, 0.15) is 27.6 Å². The van der Waals surface area contributed by atoms with Gasteiger partial charge in [-0.3, -0.25) is 9.59 Å². The fourth-order valence-electron chi connectivity index (χ4n) is 2.37. The van der Waals surface area contributed by atoms with Crippen LogP contribution in [-0.2, 0) is 19.4 Å². The van der Waals surface area contributed by atoms with Crippen LogP contribution in [0.4, 0.5) is 5.69 Å². The molecule has 0 saturated carbocycles. The van der Waals surface area contributed by atoms with Crippen LogP contribution in [0.15, 0.2) is 53.4 Å². The molecule has 0 bridgehead atoms. The lowest BCUT2D eigenvalue weighted by atomic mass is 10.2. The molecule has 0 fully saturated rings. The number of carbonyl (C=O) groups is 3. The smallest absolute Gasteiger partial charge is 0.339 e. The zero-order valence-electron chi connectivity index (χ0n) is 15.4. The standard InChI is InChI=1S/C19H20N2O6S/c1-3-20-18(23)13-7-6-8-14(11-13)21-17(22)12-27-19(24)15-9-4-5-10-16(15)28(2,25)26/h4-11H,3,12H2,1-2H3,(H,20,23)(H,21,22). The summed E-state index contributed by atoms with van der Waals surface area (Å²) in [7, 11) is -3.62. The summed E-state index contributed by atoms with van der Waals surface area (Å²) in [5.41, 5.74) is 0.594. The molecule has 2 amide bonds. The molecular formula is C19H20N2O6S. The van der Waals surface area contributed by atoms with Crippen molar-refractivity contribution >= 4 is 33.3 Å². The van der Waals surface area contributed by atoms with E-state index in [-0.39, 0.29) is 16.4 Å². The first-order valence-electron chi connectivity index (χ1n) is 8.36. The number of anilines is 1. The van der Waals surface area contributed by atoms with Gasteiger partial charge in [0.1, 0.15) is 0 Å². The molecule has 0 spiro atoms. The maximum atomic E-state index is 12.2. The first-order valence-corrected chi connectivity index (χ1v) is 10.3. The van der Waals surface area contributed by atoms with Gasteiger partial charge in [0.25, 0.3) is 11.8 Å². The predicted molar refractivity (Wildman–Crippen MR) is 103 cm³/mol. The third-order valence-corrected chi connectivity index (χ3v) is 4.74. The SMILES string of the molecule is CCNC(=O)c1cccc(NC(=O)COC(=O)c2ccccc2S(C)(=O)=O)c1. The summed E-state index contributed by atoms with van der Waals surface area (Å²) in [4.78, 5) is 35.8. The average molecular weight is 404 g/mol. The molecule has 2 N–H and O–H groups in total. The summed E-state index contributed by atoms with van der Waals surface area (Å²) in [6.07, 6.45) is 0.980. The van der Waals surface area contributed by atoms with E-state index in [4.69, 9.17) is 4.74 Å². The molecule has 0 aliphatic heterocycles. The van der Waals surface area contributed by atoms with Gasteiger partial charge in [-0.05, 0) is 37.3 Å². The zero-order chi connectivity index (χ0) is 20.7. The lowest BCUT2D eigenvalue weighted by Gasteiger charge is -2.10. The van der Waals surface area contributed by atoms with E-state index in [2.05, 4.69) is 10.6 Å². The van der Waals surface area contributed by atoms with Gasteiger partial charge in [-0.15, -0.1) is 0 Å². The minimum absolute atomic E-state index is 0.143. The van der Waals surface area contributed by atoms with E-state index in [9.17, 15) is 22.8 Å². The largest absolute Gasteiger partial charge is 0.452 e. The molecule has 148 valence electrons. The number of rotatable bonds is 7. The molecule has 0 aromatic heterocycles. The number of ether oxygens (including phenoxy) is 1. The second-order valence-electron chi connectivity index (χ2n) is 5.83. The van der Waals surface area contributed by atoms with Gasteiger partial charge in [-0.25, -0.2) is 13.2 Å². The fourth-order valence-corrected chi connectivity index (χ4v) is 3.24. The van der Waals surface area contributed by atoms with Crippen LogP contribution in [0.2, 0.25) is 0 Å². The Morgan fingerprint density at radius 3 is 2.43 bits per heavy atom. The molecule has 0 radical (unpaired) electrons. The third-order valence-electron chi connectivity index (χ3n) is 3.59. The second-order valence-corrected chi connectivity index (χ2v) is 7.82. The number of benzene rings is 2. The van der Waals surface area contributed by atoms with Crippen LogP contribution in [0.5, 0.6) is 0 Å².